The first-order valence-electron chi connectivity index (χ1n) is 5.97. The maximum absolute atomic E-state index is 6.30. The van der Waals surface area contributed by atoms with Crippen LogP contribution in [0.4, 0.5) is 0 Å². The number of rotatable bonds is 2. The summed E-state index contributed by atoms with van der Waals surface area (Å²) in [6.07, 6.45) is 8.83. The maximum atomic E-state index is 6.30. The van der Waals surface area contributed by atoms with Crippen molar-refractivity contribution in [3.05, 3.63) is 12.2 Å². The smallest absolute Gasteiger partial charge is 0.0167 e. The second-order valence-electron chi connectivity index (χ2n) is 5.26. The highest BCUT2D eigenvalue weighted by atomic mass is 15.1. The average Bonchev–Trinajstić information content (AvgIpc) is 2.87. The molecule has 2 fully saturated rings. The molecule has 2 bridgehead atoms. The third-order valence-corrected chi connectivity index (χ3v) is 4.52. The fourth-order valence-electron chi connectivity index (χ4n) is 3.69. The monoisotopic (exact) mass is 192 g/mol. The minimum atomic E-state index is 0.509. The summed E-state index contributed by atoms with van der Waals surface area (Å²) in [5.74, 6) is 2.62. The van der Waals surface area contributed by atoms with Crippen molar-refractivity contribution in [3.63, 3.8) is 0 Å². The van der Waals surface area contributed by atoms with Crippen molar-refractivity contribution in [2.75, 3.05) is 19.6 Å². The summed E-state index contributed by atoms with van der Waals surface area (Å²) in [7, 11) is 0. The Bertz CT molecular complexity index is 239. The highest BCUT2D eigenvalue weighted by Crippen LogP contribution is 2.47. The van der Waals surface area contributed by atoms with Crippen LogP contribution in [0.25, 0.3) is 0 Å². The van der Waals surface area contributed by atoms with Crippen molar-refractivity contribution < 1.29 is 0 Å². The average molecular weight is 192 g/mol. The van der Waals surface area contributed by atoms with E-state index in [4.69, 9.17) is 5.73 Å². The van der Waals surface area contributed by atoms with Crippen LogP contribution < -0.4 is 5.73 Å². The van der Waals surface area contributed by atoms with Crippen LogP contribution in [-0.4, -0.2) is 30.6 Å². The van der Waals surface area contributed by atoms with Gasteiger partial charge in [0.2, 0.25) is 0 Å². The summed E-state index contributed by atoms with van der Waals surface area (Å²) >= 11 is 0. The zero-order chi connectivity index (χ0) is 9.54. The van der Waals surface area contributed by atoms with Gasteiger partial charge in [-0.2, -0.15) is 0 Å². The number of hydrogen-bond donors (Lipinski definition) is 1. The zero-order valence-corrected chi connectivity index (χ0v) is 8.73. The van der Waals surface area contributed by atoms with Crippen molar-refractivity contribution >= 4 is 0 Å². The van der Waals surface area contributed by atoms with Crippen LogP contribution in [0, 0.1) is 17.8 Å². The summed E-state index contributed by atoms with van der Waals surface area (Å²) in [5, 5.41) is 0. The normalized spacial score (nSPS) is 46.6. The largest absolute Gasteiger partial charge is 0.327 e. The van der Waals surface area contributed by atoms with E-state index in [0.29, 0.717) is 6.04 Å². The van der Waals surface area contributed by atoms with E-state index in [1.165, 1.54) is 25.8 Å². The SMILES string of the molecule is NC1C2CCC(C2)C1CN1CC=CC1. The topological polar surface area (TPSA) is 29.3 Å². The Hall–Kier alpha value is -0.340. The first kappa shape index (κ1) is 8.93. The Morgan fingerprint density at radius 1 is 1.14 bits per heavy atom. The molecule has 2 nitrogen and oxygen atoms in total. The van der Waals surface area contributed by atoms with E-state index in [9.17, 15) is 0 Å². The van der Waals surface area contributed by atoms with Crippen molar-refractivity contribution in [2.45, 2.75) is 25.3 Å². The van der Waals surface area contributed by atoms with Gasteiger partial charge in [0.15, 0.2) is 0 Å². The molecule has 1 aliphatic heterocycles. The van der Waals surface area contributed by atoms with Crippen LogP contribution in [0.15, 0.2) is 12.2 Å². The Morgan fingerprint density at radius 3 is 2.50 bits per heavy atom. The molecule has 1 heterocycles. The fraction of sp³-hybridized carbons (Fsp3) is 0.833. The molecule has 0 radical (unpaired) electrons. The lowest BCUT2D eigenvalue weighted by Crippen LogP contribution is -2.42. The Balaban J connectivity index is 1.62. The second-order valence-corrected chi connectivity index (χ2v) is 5.26. The molecule has 0 aromatic rings. The summed E-state index contributed by atoms with van der Waals surface area (Å²) in [6, 6.07) is 0.509. The molecule has 0 aromatic heterocycles. The second kappa shape index (κ2) is 3.35. The molecule has 2 saturated carbocycles. The molecule has 2 aliphatic carbocycles. The molecule has 4 unspecified atom stereocenters. The van der Waals surface area contributed by atoms with E-state index in [1.807, 2.05) is 0 Å². The fourth-order valence-corrected chi connectivity index (χ4v) is 3.69. The van der Waals surface area contributed by atoms with Crippen molar-refractivity contribution in [2.24, 2.45) is 23.5 Å². The maximum Gasteiger partial charge on any atom is 0.0167 e. The lowest BCUT2D eigenvalue weighted by molar-refractivity contribution is 0.203. The van der Waals surface area contributed by atoms with E-state index in [2.05, 4.69) is 17.1 Å². The van der Waals surface area contributed by atoms with E-state index in [0.717, 1.165) is 30.8 Å². The van der Waals surface area contributed by atoms with Gasteiger partial charge in [-0.15, -0.1) is 0 Å². The Morgan fingerprint density at radius 2 is 1.86 bits per heavy atom. The van der Waals surface area contributed by atoms with Gasteiger partial charge in [-0.05, 0) is 37.0 Å². The molecule has 4 atom stereocenters. The highest BCUT2D eigenvalue weighted by Gasteiger charge is 2.45. The molecule has 2 heteroatoms. The van der Waals surface area contributed by atoms with Gasteiger partial charge in [0.1, 0.15) is 0 Å². The first-order chi connectivity index (χ1) is 6.84. The van der Waals surface area contributed by atoms with Gasteiger partial charge in [0.05, 0.1) is 0 Å². The number of nitrogens with zero attached hydrogens (tertiary/aromatic N) is 1. The molecule has 3 rings (SSSR count). The van der Waals surface area contributed by atoms with Gasteiger partial charge in [0, 0.05) is 25.7 Å². The summed E-state index contributed by atoms with van der Waals surface area (Å²) in [5.41, 5.74) is 6.30. The molecule has 0 aromatic carbocycles. The minimum absolute atomic E-state index is 0.509. The molecule has 2 N–H and O–H groups in total. The zero-order valence-electron chi connectivity index (χ0n) is 8.73. The van der Waals surface area contributed by atoms with Crippen LogP contribution in [0.2, 0.25) is 0 Å². The van der Waals surface area contributed by atoms with Crippen molar-refractivity contribution in [1.29, 1.82) is 0 Å². The van der Waals surface area contributed by atoms with Gasteiger partial charge in [-0.25, -0.2) is 0 Å². The summed E-state index contributed by atoms with van der Waals surface area (Å²) in [6.45, 7) is 3.55. The van der Waals surface area contributed by atoms with Crippen molar-refractivity contribution in [3.8, 4) is 0 Å². The summed E-state index contributed by atoms with van der Waals surface area (Å²) < 4.78 is 0. The van der Waals surface area contributed by atoms with Crippen molar-refractivity contribution in [1.82, 2.24) is 4.90 Å². The molecule has 0 saturated heterocycles. The summed E-state index contributed by atoms with van der Waals surface area (Å²) in [4.78, 5) is 2.53. The lowest BCUT2D eigenvalue weighted by Gasteiger charge is -2.31. The van der Waals surface area contributed by atoms with E-state index >= 15 is 0 Å². The standard InChI is InChI=1S/C12H20N2/c13-12-10-4-3-9(7-10)11(12)8-14-5-1-2-6-14/h1-2,9-12H,3-8,13H2. The molecule has 14 heavy (non-hydrogen) atoms. The van der Waals surface area contributed by atoms with Crippen LogP contribution >= 0.6 is 0 Å². The van der Waals surface area contributed by atoms with Gasteiger partial charge in [-0.1, -0.05) is 12.2 Å². The quantitative estimate of drug-likeness (QED) is 0.667. The third-order valence-electron chi connectivity index (χ3n) is 4.52. The van der Waals surface area contributed by atoms with Gasteiger partial charge in [0.25, 0.3) is 0 Å². The molecule has 3 aliphatic rings. The van der Waals surface area contributed by atoms with Crippen LogP contribution in [0.3, 0.4) is 0 Å². The van der Waals surface area contributed by atoms with Crippen LogP contribution in [0.1, 0.15) is 19.3 Å². The van der Waals surface area contributed by atoms with E-state index < -0.39 is 0 Å². The van der Waals surface area contributed by atoms with Gasteiger partial charge < -0.3 is 5.73 Å². The van der Waals surface area contributed by atoms with Crippen LogP contribution in [0.5, 0.6) is 0 Å². The molecule has 78 valence electrons. The molecular weight excluding hydrogens is 172 g/mol. The number of fused-ring (bicyclic) bond motifs is 2. The Labute approximate surface area is 86.1 Å². The van der Waals surface area contributed by atoms with E-state index in [-0.39, 0.29) is 0 Å². The predicted molar refractivity (Wildman–Crippen MR) is 57.9 cm³/mol. The molecule has 0 spiro atoms. The molecular formula is C12H20N2. The Kier molecular flexibility index (Phi) is 2.14. The van der Waals surface area contributed by atoms with Gasteiger partial charge >= 0.3 is 0 Å². The number of nitrogens with two attached hydrogens (primary N) is 1. The predicted octanol–water partition coefficient (Wildman–Crippen LogP) is 1.23. The van der Waals surface area contributed by atoms with E-state index in [1.54, 1.807) is 0 Å². The first-order valence-corrected chi connectivity index (χ1v) is 5.97. The number of hydrogen-bond acceptors (Lipinski definition) is 2. The molecule has 0 amide bonds. The third kappa shape index (κ3) is 1.32. The minimum Gasteiger partial charge on any atom is -0.327 e. The lowest BCUT2D eigenvalue weighted by atomic mass is 9.84. The highest BCUT2D eigenvalue weighted by molar-refractivity contribution is 5.02. The van der Waals surface area contributed by atoms with Crippen LogP contribution in [-0.2, 0) is 0 Å². The van der Waals surface area contributed by atoms with Gasteiger partial charge in [-0.3, -0.25) is 4.90 Å².